The normalized spacial score (nSPS) is 21.8. The Labute approximate surface area is 171 Å². The lowest BCUT2D eigenvalue weighted by Gasteiger charge is -2.37. The number of hydrogen-bond donors (Lipinski definition) is 2. The van der Waals surface area contributed by atoms with Crippen LogP contribution in [0.3, 0.4) is 0 Å². The molecule has 2 rings (SSSR count). The molecule has 7 heteroatoms. The van der Waals surface area contributed by atoms with E-state index in [-0.39, 0.29) is 24.0 Å². The fourth-order valence-electron chi connectivity index (χ4n) is 3.57. The second-order valence-corrected chi connectivity index (χ2v) is 7.66. The van der Waals surface area contributed by atoms with Crippen LogP contribution in [0.15, 0.2) is 4.99 Å². The maximum Gasteiger partial charge on any atom is 0.191 e. The predicted octanol–water partition coefficient (Wildman–Crippen LogP) is 1.47. The van der Waals surface area contributed by atoms with Gasteiger partial charge in [-0.3, -0.25) is 9.89 Å². The standard InChI is InChI=1S/C18H37N5O.HI/c1-14(2)16(23-8-10-24-11-9-23)12-20-18(19-3)21-13-17(22(4)5)15-6-7-15;/h14-17H,6-13H2,1-5H3,(H2,19,20,21);1H. The van der Waals surface area contributed by atoms with Gasteiger partial charge in [0.25, 0.3) is 0 Å². The molecule has 1 saturated carbocycles. The molecule has 2 N–H and O–H groups in total. The Bertz CT molecular complexity index is 393. The quantitative estimate of drug-likeness (QED) is 0.322. The van der Waals surface area contributed by atoms with Gasteiger partial charge in [-0.1, -0.05) is 13.8 Å². The molecule has 1 heterocycles. The molecule has 2 fully saturated rings. The number of morpholine rings is 1. The zero-order valence-electron chi connectivity index (χ0n) is 16.6. The molecule has 1 aliphatic heterocycles. The van der Waals surface area contributed by atoms with Crippen LogP contribution in [-0.2, 0) is 4.74 Å². The highest BCUT2D eigenvalue weighted by molar-refractivity contribution is 14.0. The molecule has 1 aliphatic carbocycles. The SMILES string of the molecule is CN=C(NCC(C1CC1)N(C)C)NCC(C(C)C)N1CCOCC1.I. The zero-order chi connectivity index (χ0) is 17.5. The van der Waals surface area contributed by atoms with Gasteiger partial charge in [0.15, 0.2) is 5.96 Å². The van der Waals surface area contributed by atoms with Gasteiger partial charge >= 0.3 is 0 Å². The zero-order valence-corrected chi connectivity index (χ0v) is 19.0. The van der Waals surface area contributed by atoms with Crippen LogP contribution in [0.25, 0.3) is 0 Å². The van der Waals surface area contributed by atoms with E-state index in [0.717, 1.165) is 51.3 Å². The number of halogens is 1. The number of nitrogens with zero attached hydrogens (tertiary/aromatic N) is 3. The Kier molecular flexibility index (Phi) is 10.6. The maximum atomic E-state index is 5.49. The third kappa shape index (κ3) is 7.56. The van der Waals surface area contributed by atoms with Crippen molar-refractivity contribution in [3.8, 4) is 0 Å². The van der Waals surface area contributed by atoms with Gasteiger partial charge in [0.2, 0.25) is 0 Å². The average Bonchev–Trinajstić information content (AvgIpc) is 3.38. The van der Waals surface area contributed by atoms with E-state index in [0.29, 0.717) is 18.0 Å². The molecule has 0 amide bonds. The molecule has 0 radical (unpaired) electrons. The second kappa shape index (κ2) is 11.6. The molecule has 0 aromatic carbocycles. The fraction of sp³-hybridized carbons (Fsp3) is 0.944. The van der Waals surface area contributed by atoms with Crippen molar-refractivity contribution in [1.82, 2.24) is 20.4 Å². The fourth-order valence-corrected chi connectivity index (χ4v) is 3.57. The van der Waals surface area contributed by atoms with Gasteiger partial charge in [-0.15, -0.1) is 24.0 Å². The lowest BCUT2D eigenvalue weighted by Crippen LogP contribution is -2.53. The van der Waals surface area contributed by atoms with E-state index >= 15 is 0 Å². The first-order chi connectivity index (χ1) is 11.5. The van der Waals surface area contributed by atoms with E-state index in [2.05, 4.69) is 53.4 Å². The number of ether oxygens (including phenoxy) is 1. The molecule has 1 saturated heterocycles. The monoisotopic (exact) mass is 467 g/mol. The molecule has 0 bridgehead atoms. The van der Waals surface area contributed by atoms with Crippen LogP contribution in [0.1, 0.15) is 26.7 Å². The van der Waals surface area contributed by atoms with Gasteiger partial charge in [0.05, 0.1) is 13.2 Å². The van der Waals surface area contributed by atoms with Crippen LogP contribution >= 0.6 is 24.0 Å². The number of guanidine groups is 1. The molecule has 2 aliphatic rings. The Balaban J connectivity index is 0.00000312. The molecule has 0 aromatic heterocycles. The van der Waals surface area contributed by atoms with Crippen molar-refractivity contribution in [3.63, 3.8) is 0 Å². The molecule has 6 nitrogen and oxygen atoms in total. The van der Waals surface area contributed by atoms with Crippen molar-refractivity contribution in [2.75, 3.05) is 60.5 Å². The van der Waals surface area contributed by atoms with E-state index in [1.165, 1.54) is 12.8 Å². The Morgan fingerprint density at radius 3 is 2.24 bits per heavy atom. The van der Waals surface area contributed by atoms with Crippen molar-refractivity contribution in [2.45, 2.75) is 38.8 Å². The minimum absolute atomic E-state index is 0. The second-order valence-electron chi connectivity index (χ2n) is 7.66. The lowest BCUT2D eigenvalue weighted by molar-refractivity contribution is 0.00752. The summed E-state index contributed by atoms with van der Waals surface area (Å²) in [7, 11) is 6.21. The number of nitrogens with one attached hydrogen (secondary N) is 2. The summed E-state index contributed by atoms with van der Waals surface area (Å²) in [5, 5.41) is 7.06. The summed E-state index contributed by atoms with van der Waals surface area (Å²) < 4.78 is 5.49. The van der Waals surface area contributed by atoms with Crippen molar-refractivity contribution in [2.24, 2.45) is 16.8 Å². The van der Waals surface area contributed by atoms with Gasteiger partial charge in [-0.2, -0.15) is 0 Å². The first kappa shape index (κ1) is 22.9. The maximum absolute atomic E-state index is 5.49. The number of hydrogen-bond acceptors (Lipinski definition) is 4. The minimum atomic E-state index is 0. The third-order valence-corrected chi connectivity index (χ3v) is 5.29. The predicted molar refractivity (Wildman–Crippen MR) is 116 cm³/mol. The minimum Gasteiger partial charge on any atom is -0.379 e. The molecule has 25 heavy (non-hydrogen) atoms. The van der Waals surface area contributed by atoms with E-state index in [9.17, 15) is 0 Å². The summed E-state index contributed by atoms with van der Waals surface area (Å²) in [6.45, 7) is 10.2. The molecule has 0 aromatic rings. The van der Waals surface area contributed by atoms with Gasteiger partial charge in [-0.25, -0.2) is 0 Å². The summed E-state index contributed by atoms with van der Waals surface area (Å²) in [6.07, 6.45) is 2.73. The van der Waals surface area contributed by atoms with Gasteiger partial charge in [-0.05, 0) is 38.8 Å². The first-order valence-corrected chi connectivity index (χ1v) is 9.45. The van der Waals surface area contributed by atoms with Crippen molar-refractivity contribution in [3.05, 3.63) is 0 Å². The Morgan fingerprint density at radius 1 is 1.16 bits per heavy atom. The highest BCUT2D eigenvalue weighted by Gasteiger charge is 2.32. The number of likely N-dealkylation sites (N-methyl/N-ethyl adjacent to an activating group) is 1. The van der Waals surface area contributed by atoms with Crippen LogP contribution in [-0.4, -0.2) is 88.4 Å². The van der Waals surface area contributed by atoms with Crippen LogP contribution in [0, 0.1) is 11.8 Å². The van der Waals surface area contributed by atoms with Crippen LogP contribution in [0.2, 0.25) is 0 Å². The van der Waals surface area contributed by atoms with E-state index in [4.69, 9.17) is 4.74 Å². The topological polar surface area (TPSA) is 52.1 Å². The summed E-state index contributed by atoms with van der Waals surface area (Å²) in [5.41, 5.74) is 0. The van der Waals surface area contributed by atoms with Crippen molar-refractivity contribution in [1.29, 1.82) is 0 Å². The largest absolute Gasteiger partial charge is 0.379 e. The highest BCUT2D eigenvalue weighted by Crippen LogP contribution is 2.34. The molecule has 0 spiro atoms. The number of rotatable bonds is 8. The van der Waals surface area contributed by atoms with Gasteiger partial charge in [0.1, 0.15) is 0 Å². The molecular formula is C18H38IN5O. The molecule has 2 unspecified atom stereocenters. The van der Waals surface area contributed by atoms with Gasteiger partial charge in [0, 0.05) is 45.3 Å². The molecular weight excluding hydrogens is 429 g/mol. The molecule has 148 valence electrons. The van der Waals surface area contributed by atoms with E-state index in [1.54, 1.807) is 0 Å². The van der Waals surface area contributed by atoms with Crippen LogP contribution < -0.4 is 10.6 Å². The summed E-state index contributed by atoms with van der Waals surface area (Å²) in [6, 6.07) is 1.12. The average molecular weight is 467 g/mol. The van der Waals surface area contributed by atoms with Crippen molar-refractivity contribution < 1.29 is 4.74 Å². The van der Waals surface area contributed by atoms with Crippen LogP contribution in [0.5, 0.6) is 0 Å². The third-order valence-electron chi connectivity index (χ3n) is 5.29. The van der Waals surface area contributed by atoms with Crippen LogP contribution in [0.4, 0.5) is 0 Å². The Morgan fingerprint density at radius 2 is 1.76 bits per heavy atom. The van der Waals surface area contributed by atoms with E-state index in [1.807, 2.05) is 7.05 Å². The van der Waals surface area contributed by atoms with E-state index < -0.39 is 0 Å². The first-order valence-electron chi connectivity index (χ1n) is 9.45. The smallest absolute Gasteiger partial charge is 0.191 e. The van der Waals surface area contributed by atoms with Gasteiger partial charge < -0.3 is 20.3 Å². The summed E-state index contributed by atoms with van der Waals surface area (Å²) in [4.78, 5) is 9.29. The molecule has 2 atom stereocenters. The highest BCUT2D eigenvalue weighted by atomic mass is 127. The summed E-state index contributed by atoms with van der Waals surface area (Å²) in [5.74, 6) is 2.37. The number of aliphatic imine (C=N–C) groups is 1. The lowest BCUT2D eigenvalue weighted by atomic mass is 10.0. The van der Waals surface area contributed by atoms with Crippen molar-refractivity contribution >= 4 is 29.9 Å². The Hall–Kier alpha value is -0.120. The summed E-state index contributed by atoms with van der Waals surface area (Å²) >= 11 is 0.